The fourth-order valence-corrected chi connectivity index (χ4v) is 3.49. The van der Waals surface area contributed by atoms with Crippen LogP contribution in [-0.4, -0.2) is 30.4 Å². The van der Waals surface area contributed by atoms with Gasteiger partial charge in [0.05, 0.1) is 6.54 Å². The van der Waals surface area contributed by atoms with Gasteiger partial charge in [-0.05, 0) is 49.9 Å². The first kappa shape index (κ1) is 17.2. The predicted molar refractivity (Wildman–Crippen MR) is 82.8 cm³/mol. The summed E-state index contributed by atoms with van der Waals surface area (Å²) in [4.78, 5) is 13.7. The van der Waals surface area contributed by atoms with E-state index in [4.69, 9.17) is 0 Å². The lowest BCUT2D eigenvalue weighted by atomic mass is 9.72. The molecule has 2 saturated heterocycles. The van der Waals surface area contributed by atoms with Crippen molar-refractivity contribution in [3.05, 3.63) is 35.4 Å². The Morgan fingerprint density at radius 1 is 1.14 bits per heavy atom. The van der Waals surface area contributed by atoms with Gasteiger partial charge >= 0.3 is 0 Å². The molecule has 1 N–H and O–H groups in total. The molecule has 0 saturated carbocycles. The molecule has 0 unspecified atom stereocenters. The Bertz CT molecular complexity index is 527. The first-order chi connectivity index (χ1) is 10.1. The van der Waals surface area contributed by atoms with Crippen molar-refractivity contribution in [2.45, 2.75) is 32.2 Å². The maximum Gasteiger partial charge on any atom is 0.222 e. The number of hydrogen-bond acceptors (Lipinski definition) is 2. The molecular weight excluding hydrogens is 310 g/mol. The van der Waals surface area contributed by atoms with Crippen molar-refractivity contribution in [3.63, 3.8) is 0 Å². The number of halogens is 3. The molecule has 0 aromatic heterocycles. The second kappa shape index (κ2) is 6.92. The fraction of sp³-hybridized carbons (Fsp3) is 0.562. The summed E-state index contributed by atoms with van der Waals surface area (Å²) in [7, 11) is 0. The molecule has 0 aliphatic carbocycles. The molecule has 22 heavy (non-hydrogen) atoms. The molecule has 122 valence electrons. The summed E-state index contributed by atoms with van der Waals surface area (Å²) in [6.07, 6.45) is 3.42. The van der Waals surface area contributed by atoms with Gasteiger partial charge < -0.3 is 10.2 Å². The van der Waals surface area contributed by atoms with E-state index < -0.39 is 11.6 Å². The van der Waals surface area contributed by atoms with Crippen LogP contribution in [0.5, 0.6) is 0 Å². The van der Waals surface area contributed by atoms with Gasteiger partial charge in [-0.3, -0.25) is 4.79 Å². The lowest BCUT2D eigenvalue weighted by molar-refractivity contribution is -0.139. The number of nitrogens with zero attached hydrogens (tertiary/aromatic N) is 1. The fourth-order valence-electron chi connectivity index (χ4n) is 3.49. The molecule has 3 rings (SSSR count). The Kier molecular flexibility index (Phi) is 5.40. The van der Waals surface area contributed by atoms with Crippen LogP contribution >= 0.6 is 12.4 Å². The van der Waals surface area contributed by atoms with Gasteiger partial charge in [-0.15, -0.1) is 12.4 Å². The van der Waals surface area contributed by atoms with Crippen LogP contribution in [0.1, 0.15) is 31.2 Å². The normalized spacial score (nSPS) is 20.8. The molecule has 6 heteroatoms. The molecular formula is C16H21ClF2N2O. The van der Waals surface area contributed by atoms with Crippen LogP contribution in [0.15, 0.2) is 18.2 Å². The largest absolute Gasteiger partial charge is 0.338 e. The number of piperidine rings is 2. The topological polar surface area (TPSA) is 32.3 Å². The summed E-state index contributed by atoms with van der Waals surface area (Å²) in [5.41, 5.74) is 0.123. The van der Waals surface area contributed by atoms with Crippen LogP contribution in [-0.2, 0) is 11.3 Å². The molecule has 2 fully saturated rings. The molecule has 1 aromatic rings. The number of amides is 1. The predicted octanol–water partition coefficient (Wildman–Crippen LogP) is 2.88. The van der Waals surface area contributed by atoms with Crippen molar-refractivity contribution >= 4 is 18.3 Å². The van der Waals surface area contributed by atoms with E-state index in [9.17, 15) is 13.6 Å². The van der Waals surface area contributed by atoms with Crippen LogP contribution < -0.4 is 5.32 Å². The Balaban J connectivity index is 0.00000176. The van der Waals surface area contributed by atoms with Crippen LogP contribution in [0, 0.1) is 17.0 Å². The standard InChI is InChI=1S/C16H20F2N2O.ClH/c17-13-2-1-3-14(18)12(13)10-20-11-16(5-4-15(20)21)6-8-19-9-7-16;/h1-3,19H,4-11H2;1H. The number of carbonyl (C=O) groups excluding carboxylic acids is 1. The van der Waals surface area contributed by atoms with Gasteiger partial charge in [0, 0.05) is 18.5 Å². The second-order valence-corrected chi connectivity index (χ2v) is 6.20. The van der Waals surface area contributed by atoms with Gasteiger partial charge in [0.25, 0.3) is 0 Å². The maximum absolute atomic E-state index is 13.8. The molecule has 3 nitrogen and oxygen atoms in total. The van der Waals surface area contributed by atoms with Crippen molar-refractivity contribution in [1.29, 1.82) is 0 Å². The zero-order valence-corrected chi connectivity index (χ0v) is 13.2. The molecule has 1 spiro atoms. The van der Waals surface area contributed by atoms with Crippen LogP contribution in [0.25, 0.3) is 0 Å². The average Bonchev–Trinajstić information content (AvgIpc) is 2.48. The minimum atomic E-state index is -0.576. The zero-order valence-electron chi connectivity index (χ0n) is 12.4. The molecule has 1 aromatic carbocycles. The van der Waals surface area contributed by atoms with E-state index in [0.717, 1.165) is 32.4 Å². The molecule has 2 aliphatic rings. The number of hydrogen-bond donors (Lipinski definition) is 1. The lowest BCUT2D eigenvalue weighted by Crippen LogP contribution is -2.50. The number of likely N-dealkylation sites (tertiary alicyclic amines) is 1. The van der Waals surface area contributed by atoms with E-state index in [2.05, 4.69) is 5.32 Å². The third-order valence-corrected chi connectivity index (χ3v) is 4.82. The van der Waals surface area contributed by atoms with Crippen molar-refractivity contribution < 1.29 is 13.6 Å². The van der Waals surface area contributed by atoms with E-state index in [0.29, 0.717) is 13.0 Å². The highest BCUT2D eigenvalue weighted by Gasteiger charge is 2.39. The van der Waals surface area contributed by atoms with Gasteiger partial charge in [0.15, 0.2) is 0 Å². The summed E-state index contributed by atoms with van der Waals surface area (Å²) in [5.74, 6) is -1.15. The van der Waals surface area contributed by atoms with Crippen molar-refractivity contribution in [1.82, 2.24) is 10.2 Å². The van der Waals surface area contributed by atoms with Crippen molar-refractivity contribution in [2.24, 2.45) is 5.41 Å². The van der Waals surface area contributed by atoms with E-state index in [-0.39, 0.29) is 35.8 Å². The zero-order chi connectivity index (χ0) is 14.9. The number of nitrogens with one attached hydrogen (secondary N) is 1. The molecule has 2 aliphatic heterocycles. The first-order valence-corrected chi connectivity index (χ1v) is 7.51. The van der Waals surface area contributed by atoms with E-state index >= 15 is 0 Å². The molecule has 2 heterocycles. The smallest absolute Gasteiger partial charge is 0.222 e. The first-order valence-electron chi connectivity index (χ1n) is 7.51. The summed E-state index contributed by atoms with van der Waals surface area (Å²) < 4.78 is 27.6. The van der Waals surface area contributed by atoms with E-state index in [1.165, 1.54) is 18.2 Å². The summed E-state index contributed by atoms with van der Waals surface area (Å²) in [6, 6.07) is 3.83. The highest BCUT2D eigenvalue weighted by Crippen LogP contribution is 2.39. The lowest BCUT2D eigenvalue weighted by Gasteiger charge is -2.45. The Labute approximate surface area is 135 Å². The molecule has 0 atom stereocenters. The minimum Gasteiger partial charge on any atom is -0.338 e. The number of carbonyl (C=O) groups is 1. The van der Waals surface area contributed by atoms with Gasteiger partial charge in [0.2, 0.25) is 5.91 Å². The second-order valence-electron chi connectivity index (χ2n) is 6.20. The highest BCUT2D eigenvalue weighted by molar-refractivity contribution is 5.85. The Hall–Kier alpha value is -1.20. The highest BCUT2D eigenvalue weighted by atomic mass is 35.5. The van der Waals surface area contributed by atoms with Gasteiger partial charge in [-0.2, -0.15) is 0 Å². The van der Waals surface area contributed by atoms with Crippen LogP contribution in [0.4, 0.5) is 8.78 Å². The number of benzene rings is 1. The van der Waals surface area contributed by atoms with E-state index in [1.807, 2.05) is 0 Å². The monoisotopic (exact) mass is 330 g/mol. The summed E-state index contributed by atoms with van der Waals surface area (Å²) >= 11 is 0. The van der Waals surface area contributed by atoms with Gasteiger partial charge in [-0.25, -0.2) is 8.78 Å². The Morgan fingerprint density at radius 3 is 2.41 bits per heavy atom. The Morgan fingerprint density at radius 2 is 1.77 bits per heavy atom. The van der Waals surface area contributed by atoms with Crippen molar-refractivity contribution in [3.8, 4) is 0 Å². The minimum absolute atomic E-state index is 0. The third-order valence-electron chi connectivity index (χ3n) is 4.82. The van der Waals surface area contributed by atoms with E-state index in [1.54, 1.807) is 4.90 Å². The summed E-state index contributed by atoms with van der Waals surface area (Å²) in [6.45, 7) is 2.56. The molecule has 0 radical (unpaired) electrons. The van der Waals surface area contributed by atoms with Crippen LogP contribution in [0.3, 0.4) is 0 Å². The van der Waals surface area contributed by atoms with Crippen LogP contribution in [0.2, 0.25) is 0 Å². The summed E-state index contributed by atoms with van der Waals surface area (Å²) in [5, 5.41) is 3.33. The molecule has 0 bridgehead atoms. The van der Waals surface area contributed by atoms with Gasteiger partial charge in [-0.1, -0.05) is 6.07 Å². The van der Waals surface area contributed by atoms with Gasteiger partial charge in [0.1, 0.15) is 11.6 Å². The third kappa shape index (κ3) is 3.41. The van der Waals surface area contributed by atoms with Crippen molar-refractivity contribution in [2.75, 3.05) is 19.6 Å². The maximum atomic E-state index is 13.8. The average molecular weight is 331 g/mol. The molecule has 1 amide bonds. The quantitative estimate of drug-likeness (QED) is 0.904. The number of rotatable bonds is 2. The SMILES string of the molecule is Cl.O=C1CCC2(CCNCC2)CN1Cc1c(F)cccc1F.